The molecule has 0 aliphatic rings. The maximum Gasteiger partial charge on any atom is 0.336 e. The Morgan fingerprint density at radius 2 is 1.67 bits per heavy atom. The fourth-order valence-electron chi connectivity index (χ4n) is 2.12. The fourth-order valence-corrected chi connectivity index (χ4v) is 2.12. The van der Waals surface area contributed by atoms with Gasteiger partial charge in [-0.15, -0.1) is 0 Å². The SMILES string of the molecule is COc1ccc(C)cc1/C(=C/c1ccc(C)cc1)C(=O)O. The van der Waals surface area contributed by atoms with Crippen molar-refractivity contribution < 1.29 is 14.6 Å². The first kappa shape index (κ1) is 14.9. The minimum atomic E-state index is -0.973. The Hall–Kier alpha value is -2.55. The summed E-state index contributed by atoms with van der Waals surface area (Å²) in [6.07, 6.45) is 1.67. The molecule has 0 atom stereocenters. The predicted molar refractivity (Wildman–Crippen MR) is 84.4 cm³/mol. The molecular weight excluding hydrogens is 264 g/mol. The molecule has 0 spiro atoms. The molecule has 2 rings (SSSR count). The number of aryl methyl sites for hydroxylation is 2. The molecule has 0 amide bonds. The summed E-state index contributed by atoms with van der Waals surface area (Å²) >= 11 is 0. The Morgan fingerprint density at radius 1 is 1.05 bits per heavy atom. The molecular formula is C18H18O3. The summed E-state index contributed by atoms with van der Waals surface area (Å²) in [5.74, 6) is -0.416. The molecule has 0 aromatic heterocycles. The zero-order valence-corrected chi connectivity index (χ0v) is 12.4. The van der Waals surface area contributed by atoms with Gasteiger partial charge in [0.25, 0.3) is 0 Å². The number of carboxylic acid groups (broad SMARTS) is 1. The molecule has 2 aromatic carbocycles. The summed E-state index contributed by atoms with van der Waals surface area (Å²) < 4.78 is 5.28. The number of aliphatic carboxylic acids is 1. The summed E-state index contributed by atoms with van der Waals surface area (Å²) in [5, 5.41) is 9.53. The number of methoxy groups -OCH3 is 1. The molecule has 0 saturated heterocycles. The van der Waals surface area contributed by atoms with Crippen molar-refractivity contribution >= 4 is 17.6 Å². The first-order chi connectivity index (χ1) is 10.0. The number of ether oxygens (including phenoxy) is 1. The number of hydrogen-bond acceptors (Lipinski definition) is 2. The first-order valence-corrected chi connectivity index (χ1v) is 6.68. The molecule has 0 saturated carbocycles. The third-order valence-corrected chi connectivity index (χ3v) is 3.26. The molecule has 1 N–H and O–H groups in total. The van der Waals surface area contributed by atoms with Crippen LogP contribution in [0.15, 0.2) is 42.5 Å². The summed E-state index contributed by atoms with van der Waals surface area (Å²) in [5.41, 5.74) is 3.78. The van der Waals surface area contributed by atoms with Gasteiger partial charge in [-0.25, -0.2) is 4.79 Å². The van der Waals surface area contributed by atoms with E-state index >= 15 is 0 Å². The van der Waals surface area contributed by atoms with Crippen LogP contribution in [0.25, 0.3) is 11.6 Å². The van der Waals surface area contributed by atoms with Crippen LogP contribution in [-0.2, 0) is 4.79 Å². The Bertz CT molecular complexity index is 682. The highest BCUT2D eigenvalue weighted by atomic mass is 16.5. The monoisotopic (exact) mass is 282 g/mol. The summed E-state index contributed by atoms with van der Waals surface area (Å²) in [6.45, 7) is 3.92. The van der Waals surface area contributed by atoms with Gasteiger partial charge >= 0.3 is 5.97 Å². The summed E-state index contributed by atoms with van der Waals surface area (Å²) in [6, 6.07) is 13.2. The second-order valence-corrected chi connectivity index (χ2v) is 4.98. The maximum absolute atomic E-state index is 11.6. The molecule has 3 heteroatoms. The standard InChI is InChI=1S/C18H18O3/c1-12-4-7-14(8-5-12)11-16(18(19)20)15-10-13(2)6-9-17(15)21-3/h4-11H,1-3H3,(H,19,20)/b16-11-. The van der Waals surface area contributed by atoms with E-state index in [9.17, 15) is 9.90 Å². The van der Waals surface area contributed by atoms with E-state index in [1.807, 2.05) is 50.2 Å². The van der Waals surface area contributed by atoms with Crippen LogP contribution in [0.1, 0.15) is 22.3 Å². The van der Waals surface area contributed by atoms with Crippen molar-refractivity contribution in [1.29, 1.82) is 0 Å². The van der Waals surface area contributed by atoms with E-state index in [1.54, 1.807) is 19.3 Å². The van der Waals surface area contributed by atoms with E-state index in [-0.39, 0.29) is 5.57 Å². The summed E-state index contributed by atoms with van der Waals surface area (Å²) in [4.78, 5) is 11.6. The van der Waals surface area contributed by atoms with Gasteiger partial charge in [-0.05, 0) is 37.6 Å². The average Bonchev–Trinajstić information content (AvgIpc) is 2.46. The lowest BCUT2D eigenvalue weighted by molar-refractivity contribution is -0.130. The Morgan fingerprint density at radius 3 is 2.24 bits per heavy atom. The van der Waals surface area contributed by atoms with E-state index in [0.717, 1.165) is 16.7 Å². The van der Waals surface area contributed by atoms with Crippen LogP contribution in [0.3, 0.4) is 0 Å². The molecule has 0 heterocycles. The minimum Gasteiger partial charge on any atom is -0.496 e. The van der Waals surface area contributed by atoms with Crippen LogP contribution in [0.2, 0.25) is 0 Å². The van der Waals surface area contributed by atoms with Gasteiger partial charge in [-0.2, -0.15) is 0 Å². The molecule has 108 valence electrons. The van der Waals surface area contributed by atoms with Crippen molar-refractivity contribution in [2.45, 2.75) is 13.8 Å². The maximum atomic E-state index is 11.6. The van der Waals surface area contributed by atoms with Gasteiger partial charge in [0.2, 0.25) is 0 Å². The molecule has 2 aromatic rings. The lowest BCUT2D eigenvalue weighted by Crippen LogP contribution is -2.02. The van der Waals surface area contributed by atoms with E-state index in [4.69, 9.17) is 4.74 Å². The van der Waals surface area contributed by atoms with Crippen LogP contribution in [-0.4, -0.2) is 18.2 Å². The van der Waals surface area contributed by atoms with Crippen molar-refractivity contribution in [1.82, 2.24) is 0 Å². The lowest BCUT2D eigenvalue weighted by atomic mass is 9.99. The molecule has 3 nitrogen and oxygen atoms in total. The van der Waals surface area contributed by atoms with E-state index in [2.05, 4.69) is 0 Å². The normalized spacial score (nSPS) is 11.3. The zero-order chi connectivity index (χ0) is 15.4. The molecule has 0 aliphatic heterocycles. The van der Waals surface area contributed by atoms with Gasteiger partial charge in [0.05, 0.1) is 12.7 Å². The average molecular weight is 282 g/mol. The van der Waals surface area contributed by atoms with Gasteiger partial charge in [-0.1, -0.05) is 41.5 Å². The molecule has 0 fully saturated rings. The zero-order valence-electron chi connectivity index (χ0n) is 12.4. The van der Waals surface area contributed by atoms with Crippen LogP contribution >= 0.6 is 0 Å². The van der Waals surface area contributed by atoms with Crippen LogP contribution in [0, 0.1) is 13.8 Å². The lowest BCUT2D eigenvalue weighted by Gasteiger charge is -2.10. The minimum absolute atomic E-state index is 0.222. The van der Waals surface area contributed by atoms with Crippen LogP contribution in [0.4, 0.5) is 0 Å². The second-order valence-electron chi connectivity index (χ2n) is 4.98. The Kier molecular flexibility index (Phi) is 4.43. The van der Waals surface area contributed by atoms with Crippen molar-refractivity contribution in [3.05, 3.63) is 64.7 Å². The molecule has 0 radical (unpaired) electrons. The number of benzene rings is 2. The van der Waals surface area contributed by atoms with Crippen LogP contribution < -0.4 is 4.74 Å². The smallest absolute Gasteiger partial charge is 0.336 e. The van der Waals surface area contributed by atoms with Crippen molar-refractivity contribution in [3.8, 4) is 5.75 Å². The first-order valence-electron chi connectivity index (χ1n) is 6.68. The Labute approximate surface area is 124 Å². The van der Waals surface area contributed by atoms with E-state index in [1.165, 1.54) is 0 Å². The van der Waals surface area contributed by atoms with Crippen molar-refractivity contribution in [2.75, 3.05) is 7.11 Å². The quantitative estimate of drug-likeness (QED) is 0.682. The number of rotatable bonds is 4. The number of carboxylic acids is 1. The van der Waals surface area contributed by atoms with Gasteiger partial charge < -0.3 is 9.84 Å². The largest absolute Gasteiger partial charge is 0.496 e. The second kappa shape index (κ2) is 6.27. The Balaban J connectivity index is 2.56. The molecule has 0 bridgehead atoms. The fraction of sp³-hybridized carbons (Fsp3) is 0.167. The number of hydrogen-bond donors (Lipinski definition) is 1. The molecule has 0 unspecified atom stereocenters. The molecule has 21 heavy (non-hydrogen) atoms. The van der Waals surface area contributed by atoms with Gasteiger partial charge in [-0.3, -0.25) is 0 Å². The van der Waals surface area contributed by atoms with E-state index < -0.39 is 5.97 Å². The van der Waals surface area contributed by atoms with Gasteiger partial charge in [0.1, 0.15) is 5.75 Å². The van der Waals surface area contributed by atoms with Gasteiger partial charge in [0.15, 0.2) is 0 Å². The van der Waals surface area contributed by atoms with Gasteiger partial charge in [0, 0.05) is 5.56 Å². The third kappa shape index (κ3) is 3.51. The highest BCUT2D eigenvalue weighted by Crippen LogP contribution is 2.29. The summed E-state index contributed by atoms with van der Waals surface area (Å²) in [7, 11) is 1.54. The predicted octanol–water partition coefficient (Wildman–Crippen LogP) is 3.94. The third-order valence-electron chi connectivity index (χ3n) is 3.26. The number of carbonyl (C=O) groups is 1. The highest BCUT2D eigenvalue weighted by Gasteiger charge is 2.15. The topological polar surface area (TPSA) is 46.5 Å². The van der Waals surface area contributed by atoms with Crippen molar-refractivity contribution in [3.63, 3.8) is 0 Å². The highest BCUT2D eigenvalue weighted by molar-refractivity contribution is 6.21. The van der Waals surface area contributed by atoms with Crippen molar-refractivity contribution in [2.24, 2.45) is 0 Å². The van der Waals surface area contributed by atoms with Crippen LogP contribution in [0.5, 0.6) is 5.75 Å². The van der Waals surface area contributed by atoms with E-state index in [0.29, 0.717) is 11.3 Å². The molecule has 0 aliphatic carbocycles.